The first kappa shape index (κ1) is 34.6. The molecule has 11 nitrogen and oxygen atoms in total. The Morgan fingerprint density at radius 2 is 1.94 bits per heavy atom. The molecule has 7 rings (SSSR count). The van der Waals surface area contributed by atoms with E-state index in [0.29, 0.717) is 5.56 Å². The van der Waals surface area contributed by atoms with Gasteiger partial charge in [0, 0.05) is 16.5 Å². The largest absolute Gasteiger partial charge is 0.475 e. The molecule has 0 radical (unpaired) electrons. The van der Waals surface area contributed by atoms with Crippen molar-refractivity contribution >= 4 is 33.4 Å². The van der Waals surface area contributed by atoms with Crippen LogP contribution in [-0.4, -0.2) is 73.4 Å². The van der Waals surface area contributed by atoms with Gasteiger partial charge in [0.1, 0.15) is 47.3 Å². The Balaban J connectivity index is 1.49. The molecule has 0 amide bonds. The van der Waals surface area contributed by atoms with E-state index in [4.69, 9.17) is 20.2 Å². The van der Waals surface area contributed by atoms with Crippen LogP contribution in [0.25, 0.3) is 33.1 Å². The van der Waals surface area contributed by atoms with Crippen LogP contribution in [0, 0.1) is 18.6 Å². The highest BCUT2D eigenvalue weighted by atomic mass is 19.4. The van der Waals surface area contributed by atoms with Crippen LogP contribution in [0.4, 0.5) is 33.6 Å². The fraction of sp³-hybridized carbons (Fsp3) is 0.457. The van der Waals surface area contributed by atoms with Gasteiger partial charge in [-0.25, -0.2) is 18.7 Å². The monoisotopic (exact) mass is 711 g/mol. The quantitative estimate of drug-likeness (QED) is 0.168. The molecule has 2 aliphatic heterocycles. The van der Waals surface area contributed by atoms with Crippen LogP contribution in [0.1, 0.15) is 69.2 Å². The number of rotatable bonds is 7. The first-order valence-electron chi connectivity index (χ1n) is 16.9. The van der Waals surface area contributed by atoms with Crippen LogP contribution >= 0.6 is 0 Å². The Labute approximate surface area is 290 Å². The summed E-state index contributed by atoms with van der Waals surface area (Å²) in [4.78, 5) is 21.7. The highest BCUT2D eigenvalue weighted by Gasteiger charge is 2.41. The van der Waals surface area contributed by atoms with Gasteiger partial charge in [0.05, 0.1) is 41.1 Å². The maximum Gasteiger partial charge on any atom is 0.417 e. The number of aromatic nitrogens is 6. The van der Waals surface area contributed by atoms with E-state index in [1.807, 2.05) is 14.0 Å². The van der Waals surface area contributed by atoms with Gasteiger partial charge < -0.3 is 20.1 Å². The lowest BCUT2D eigenvalue weighted by Crippen LogP contribution is -2.53. The minimum absolute atomic E-state index is 0.0207. The lowest BCUT2D eigenvalue weighted by atomic mass is 9.85. The highest BCUT2D eigenvalue weighted by molar-refractivity contribution is 6.02. The van der Waals surface area contributed by atoms with Gasteiger partial charge in [-0.2, -0.15) is 28.2 Å². The predicted molar refractivity (Wildman–Crippen MR) is 182 cm³/mol. The number of pyridine rings is 2. The van der Waals surface area contributed by atoms with Crippen molar-refractivity contribution in [1.29, 1.82) is 0 Å². The van der Waals surface area contributed by atoms with Gasteiger partial charge in [-0.05, 0) is 71.3 Å². The third-order valence-corrected chi connectivity index (χ3v) is 10.5. The molecule has 0 saturated carbocycles. The molecule has 0 aliphatic carbocycles. The summed E-state index contributed by atoms with van der Waals surface area (Å²) in [6, 6.07) is 1.20. The van der Waals surface area contributed by atoms with Crippen LogP contribution in [0.5, 0.6) is 11.9 Å². The number of hydrogen-bond acceptors (Lipinski definition) is 10. The van der Waals surface area contributed by atoms with Crippen LogP contribution in [0.15, 0.2) is 24.5 Å². The number of piperidine rings is 1. The Morgan fingerprint density at radius 3 is 2.67 bits per heavy atom. The average Bonchev–Trinajstić information content (AvgIpc) is 3.50. The van der Waals surface area contributed by atoms with E-state index in [1.165, 1.54) is 25.3 Å². The summed E-state index contributed by atoms with van der Waals surface area (Å²) < 4.78 is 88.4. The number of aryl methyl sites for hydroxylation is 1. The number of nitrogens with one attached hydrogen (secondary N) is 1. The van der Waals surface area contributed by atoms with E-state index in [9.17, 15) is 17.6 Å². The number of ether oxygens (including phenoxy) is 2. The van der Waals surface area contributed by atoms with Crippen LogP contribution in [-0.2, 0) is 6.18 Å². The maximum atomic E-state index is 17.2. The number of nitrogens with zero attached hydrogens (tertiary/aromatic N) is 7. The fourth-order valence-electron chi connectivity index (χ4n) is 7.63. The summed E-state index contributed by atoms with van der Waals surface area (Å²) in [6.07, 6.45) is 1.03. The lowest BCUT2D eigenvalue weighted by Gasteiger charge is -2.44. The van der Waals surface area contributed by atoms with Gasteiger partial charge in [0.25, 0.3) is 0 Å². The molecule has 16 heteroatoms. The molecular formula is C35H38F5N9O2. The van der Waals surface area contributed by atoms with E-state index in [2.05, 4.69) is 37.0 Å². The first-order valence-corrected chi connectivity index (χ1v) is 16.9. The summed E-state index contributed by atoms with van der Waals surface area (Å²) in [5.74, 6) is -1.68. The van der Waals surface area contributed by atoms with Gasteiger partial charge in [0.15, 0.2) is 5.82 Å². The summed E-state index contributed by atoms with van der Waals surface area (Å²) in [5.41, 5.74) is 3.83. The molecule has 51 heavy (non-hydrogen) atoms. The molecule has 2 aliphatic rings. The molecule has 6 heterocycles. The number of likely N-dealkylation sites (N-methyl/N-ethyl adjacent to an activating group) is 1. The molecule has 1 unspecified atom stereocenters. The van der Waals surface area contributed by atoms with Crippen molar-refractivity contribution in [2.75, 3.05) is 37.4 Å². The number of anilines is 2. The average molecular weight is 712 g/mol. The van der Waals surface area contributed by atoms with Gasteiger partial charge in [0.2, 0.25) is 5.88 Å². The number of fused-ring (bicyclic) bond motifs is 1. The van der Waals surface area contributed by atoms with Crippen molar-refractivity contribution in [3.63, 3.8) is 0 Å². The maximum absolute atomic E-state index is 17.2. The summed E-state index contributed by atoms with van der Waals surface area (Å²) in [7, 11) is 2.03. The number of alkyl halides is 3. The third-order valence-electron chi connectivity index (χ3n) is 10.5. The molecular weight excluding hydrogens is 673 g/mol. The number of nitrogen functional groups attached to an aromatic ring is 1. The van der Waals surface area contributed by atoms with Gasteiger partial charge in [-0.15, -0.1) is 0 Å². The number of benzene rings is 1. The summed E-state index contributed by atoms with van der Waals surface area (Å²) in [6.45, 7) is 7.96. The lowest BCUT2D eigenvalue weighted by molar-refractivity contribution is -0.137. The molecule has 270 valence electrons. The third kappa shape index (κ3) is 5.82. The van der Waals surface area contributed by atoms with Crippen molar-refractivity contribution < 1.29 is 31.4 Å². The summed E-state index contributed by atoms with van der Waals surface area (Å²) in [5, 5.41) is 6.67. The van der Waals surface area contributed by atoms with E-state index in [0.717, 1.165) is 38.4 Å². The molecule has 0 bridgehead atoms. The number of halogens is 5. The zero-order chi connectivity index (χ0) is 36.4. The zero-order valence-corrected chi connectivity index (χ0v) is 28.8. The van der Waals surface area contributed by atoms with Crippen molar-refractivity contribution in [3.05, 3.63) is 52.9 Å². The number of aromatic amines is 1. The second kappa shape index (κ2) is 12.7. The second-order valence-electron chi connectivity index (χ2n) is 13.5. The van der Waals surface area contributed by atoms with Crippen molar-refractivity contribution in [2.45, 2.75) is 77.2 Å². The molecule has 3 N–H and O–H groups in total. The number of H-pyrrole nitrogens is 1. The zero-order valence-electron chi connectivity index (χ0n) is 28.8. The SMILES string of the molecule is CC[C@@]1(COc2nc3c4c(nc(-c5c(C(F)(F)F)c(C)cc6[nH]ncc56)c(F)c4n2)OC[C@H](C)N3C(C)c2cc(F)cnc2N)CCCCN1C. The van der Waals surface area contributed by atoms with Crippen molar-refractivity contribution in [1.82, 2.24) is 35.0 Å². The molecule has 3 atom stereocenters. The minimum Gasteiger partial charge on any atom is -0.475 e. The van der Waals surface area contributed by atoms with E-state index in [-0.39, 0.29) is 69.6 Å². The van der Waals surface area contributed by atoms with Crippen LogP contribution < -0.4 is 20.1 Å². The Kier molecular flexibility index (Phi) is 8.63. The predicted octanol–water partition coefficient (Wildman–Crippen LogP) is 7.14. The normalized spacial score (nSPS) is 20.4. The molecule has 1 aromatic carbocycles. The molecule has 1 saturated heterocycles. The van der Waals surface area contributed by atoms with E-state index in [1.54, 1.807) is 11.8 Å². The molecule has 1 fully saturated rings. The topological polar surface area (TPSA) is 131 Å². The Hall–Kier alpha value is -4.86. The molecule has 4 aromatic heterocycles. The van der Waals surface area contributed by atoms with Gasteiger partial charge in [-0.3, -0.25) is 10.00 Å². The van der Waals surface area contributed by atoms with Crippen LogP contribution in [0.2, 0.25) is 0 Å². The minimum atomic E-state index is -4.87. The molecule has 0 spiro atoms. The standard InChI is InChI=1S/C35H38F5N9O2/c1-6-34(9-7-8-10-48(34)5)16-51-33-45-29-25-31(46-33)49(19(4)21-12-20(36)13-42-30(21)41)18(3)15-50-32(25)44-28(27(29)37)24-22-14-43-47-23(22)11-17(2)26(24)35(38,39)40/h11-14,18-19H,6-10,15-16H2,1-5H3,(H2,41,42)(H,43,47)/t18-,19?,34-/m0/s1. The Bertz CT molecular complexity index is 2140. The highest BCUT2D eigenvalue weighted by Crippen LogP contribution is 2.48. The van der Waals surface area contributed by atoms with Crippen LogP contribution in [0.3, 0.4) is 0 Å². The number of nitrogens with two attached hydrogens (primary N) is 1. The summed E-state index contributed by atoms with van der Waals surface area (Å²) >= 11 is 0. The number of likely N-dealkylation sites (tertiary alicyclic amines) is 1. The first-order chi connectivity index (χ1) is 24.2. The fourth-order valence-corrected chi connectivity index (χ4v) is 7.63. The smallest absolute Gasteiger partial charge is 0.417 e. The van der Waals surface area contributed by atoms with Crippen molar-refractivity contribution in [3.8, 4) is 23.1 Å². The Morgan fingerprint density at radius 1 is 1.16 bits per heavy atom. The van der Waals surface area contributed by atoms with Gasteiger partial charge >= 0.3 is 12.2 Å². The number of hydrogen-bond donors (Lipinski definition) is 2. The molecule has 5 aromatic rings. The van der Waals surface area contributed by atoms with Crippen molar-refractivity contribution in [2.24, 2.45) is 0 Å². The second-order valence-corrected chi connectivity index (χ2v) is 13.5. The van der Waals surface area contributed by atoms with E-state index < -0.39 is 46.7 Å². The van der Waals surface area contributed by atoms with E-state index >= 15 is 4.39 Å². The van der Waals surface area contributed by atoms with Gasteiger partial charge in [-0.1, -0.05) is 13.3 Å².